The Bertz CT molecular complexity index is 506. The third kappa shape index (κ3) is 1.27. The average Bonchev–Trinajstić information content (AvgIpc) is 3.12. The molecule has 1 fully saturated rings. The Balaban J connectivity index is 2.12. The van der Waals surface area contributed by atoms with Crippen molar-refractivity contribution in [2.24, 2.45) is 5.18 Å². The van der Waals surface area contributed by atoms with E-state index >= 15 is 0 Å². The summed E-state index contributed by atoms with van der Waals surface area (Å²) in [6.45, 7) is 2.81. The summed E-state index contributed by atoms with van der Waals surface area (Å²) in [5.41, 5.74) is 2.08. The van der Waals surface area contributed by atoms with E-state index in [0.29, 0.717) is 5.69 Å². The molecule has 4 nitrogen and oxygen atoms in total. The van der Waals surface area contributed by atoms with Crippen molar-refractivity contribution in [1.82, 2.24) is 0 Å². The first-order valence-corrected chi connectivity index (χ1v) is 6.03. The van der Waals surface area contributed by atoms with Crippen LogP contribution < -0.4 is 4.90 Å². The first-order chi connectivity index (χ1) is 8.23. The summed E-state index contributed by atoms with van der Waals surface area (Å²) in [5, 5.41) is 2.96. The van der Waals surface area contributed by atoms with Crippen molar-refractivity contribution < 1.29 is 4.79 Å². The van der Waals surface area contributed by atoms with Crippen LogP contribution in [0.4, 0.5) is 11.4 Å². The van der Waals surface area contributed by atoms with E-state index in [0.717, 1.165) is 37.1 Å². The molecule has 1 aliphatic carbocycles. The molecule has 1 spiro atoms. The number of rotatable bonds is 3. The monoisotopic (exact) mass is 230 g/mol. The van der Waals surface area contributed by atoms with Gasteiger partial charge in [-0.2, -0.15) is 0 Å². The van der Waals surface area contributed by atoms with Gasteiger partial charge in [0, 0.05) is 12.2 Å². The lowest BCUT2D eigenvalue weighted by Gasteiger charge is -2.16. The maximum atomic E-state index is 12.4. The minimum atomic E-state index is -0.314. The van der Waals surface area contributed by atoms with Crippen LogP contribution in [0.5, 0.6) is 0 Å². The van der Waals surface area contributed by atoms with E-state index in [1.165, 1.54) is 0 Å². The summed E-state index contributed by atoms with van der Waals surface area (Å²) < 4.78 is 0. The van der Waals surface area contributed by atoms with Crippen LogP contribution >= 0.6 is 0 Å². The highest BCUT2D eigenvalue weighted by atomic mass is 16.3. The van der Waals surface area contributed by atoms with Crippen LogP contribution in [0, 0.1) is 4.91 Å². The van der Waals surface area contributed by atoms with Gasteiger partial charge in [-0.15, -0.1) is 4.91 Å². The van der Waals surface area contributed by atoms with E-state index < -0.39 is 0 Å². The highest BCUT2D eigenvalue weighted by Gasteiger charge is 2.58. The third-order valence-corrected chi connectivity index (χ3v) is 3.74. The first-order valence-electron chi connectivity index (χ1n) is 6.03. The Morgan fingerprint density at radius 2 is 2.18 bits per heavy atom. The number of fused-ring (bicyclic) bond motifs is 2. The molecular formula is C13H14N2O2. The molecule has 1 saturated carbocycles. The number of carbonyl (C=O) groups is 1. The fourth-order valence-electron chi connectivity index (χ4n) is 2.74. The number of nitroso groups, excluding NO2 is 1. The molecule has 0 atom stereocenters. The van der Waals surface area contributed by atoms with Crippen molar-refractivity contribution in [1.29, 1.82) is 0 Å². The molecule has 1 amide bonds. The second-order valence-electron chi connectivity index (χ2n) is 4.83. The van der Waals surface area contributed by atoms with Gasteiger partial charge < -0.3 is 4.90 Å². The van der Waals surface area contributed by atoms with Crippen LogP contribution in [0.1, 0.15) is 31.7 Å². The van der Waals surface area contributed by atoms with Crippen molar-refractivity contribution in [3.63, 3.8) is 0 Å². The quantitative estimate of drug-likeness (QED) is 0.749. The molecule has 1 aromatic carbocycles. The van der Waals surface area contributed by atoms with Crippen molar-refractivity contribution in [3.05, 3.63) is 28.7 Å². The summed E-state index contributed by atoms with van der Waals surface area (Å²) in [4.78, 5) is 24.8. The van der Waals surface area contributed by atoms with E-state index in [4.69, 9.17) is 0 Å². The summed E-state index contributed by atoms with van der Waals surface area (Å²) in [5.74, 6) is 0.206. The van der Waals surface area contributed by atoms with Crippen LogP contribution in [0.3, 0.4) is 0 Å². The van der Waals surface area contributed by atoms with Crippen LogP contribution in [-0.4, -0.2) is 12.5 Å². The molecule has 0 saturated heterocycles. The molecule has 1 aliphatic heterocycles. The van der Waals surface area contributed by atoms with Gasteiger partial charge >= 0.3 is 0 Å². The summed E-state index contributed by atoms with van der Waals surface area (Å²) in [6.07, 6.45) is 2.75. The molecule has 0 N–H and O–H groups in total. The zero-order valence-electron chi connectivity index (χ0n) is 9.77. The predicted octanol–water partition coefficient (Wildman–Crippen LogP) is 2.87. The van der Waals surface area contributed by atoms with Gasteiger partial charge in [0.25, 0.3) is 0 Å². The Morgan fingerprint density at radius 1 is 1.41 bits per heavy atom. The molecule has 0 unspecified atom stereocenters. The molecule has 4 heteroatoms. The number of carbonyl (C=O) groups excluding carboxylic acids is 1. The average molecular weight is 230 g/mol. The van der Waals surface area contributed by atoms with Gasteiger partial charge in [0.1, 0.15) is 5.69 Å². The van der Waals surface area contributed by atoms with E-state index in [1.54, 1.807) is 12.1 Å². The van der Waals surface area contributed by atoms with Gasteiger partial charge in [-0.25, -0.2) is 0 Å². The van der Waals surface area contributed by atoms with E-state index in [2.05, 4.69) is 12.1 Å². The fourth-order valence-corrected chi connectivity index (χ4v) is 2.74. The zero-order valence-corrected chi connectivity index (χ0v) is 9.77. The number of hydrogen-bond donors (Lipinski definition) is 0. The molecular weight excluding hydrogens is 216 g/mol. The lowest BCUT2D eigenvalue weighted by molar-refractivity contribution is -0.120. The Hall–Kier alpha value is -1.71. The highest BCUT2D eigenvalue weighted by Crippen LogP contribution is 2.57. The number of anilines is 1. The lowest BCUT2D eigenvalue weighted by Crippen LogP contribution is -2.32. The Labute approximate surface area is 99.6 Å². The van der Waals surface area contributed by atoms with Crippen LogP contribution in [0.15, 0.2) is 23.4 Å². The fraction of sp³-hybridized carbons (Fsp3) is 0.462. The van der Waals surface area contributed by atoms with Crippen molar-refractivity contribution in [3.8, 4) is 0 Å². The van der Waals surface area contributed by atoms with E-state index in [-0.39, 0.29) is 11.3 Å². The van der Waals surface area contributed by atoms with Crippen LogP contribution in [0.2, 0.25) is 0 Å². The molecule has 0 radical (unpaired) electrons. The molecule has 1 heterocycles. The summed E-state index contributed by atoms with van der Waals surface area (Å²) in [7, 11) is 0. The van der Waals surface area contributed by atoms with Crippen LogP contribution in [-0.2, 0) is 10.2 Å². The largest absolute Gasteiger partial charge is 0.311 e. The standard InChI is InChI=1S/C13H14N2O2/c1-2-7-15-11-4-3-9(14-17)8-10(11)13(5-6-13)12(15)16/h3-4,8H,2,5-7H2,1H3. The molecule has 0 bridgehead atoms. The van der Waals surface area contributed by atoms with Gasteiger partial charge in [-0.1, -0.05) is 6.92 Å². The SMILES string of the molecule is CCCN1C(=O)C2(CC2)c2cc(N=O)ccc21. The van der Waals surface area contributed by atoms with Gasteiger partial charge in [0.05, 0.1) is 5.41 Å². The maximum Gasteiger partial charge on any atom is 0.237 e. The molecule has 3 rings (SSSR count). The third-order valence-electron chi connectivity index (χ3n) is 3.74. The normalized spacial score (nSPS) is 19.6. The Morgan fingerprint density at radius 3 is 2.76 bits per heavy atom. The smallest absolute Gasteiger partial charge is 0.237 e. The zero-order chi connectivity index (χ0) is 12.0. The second kappa shape index (κ2) is 3.39. The van der Waals surface area contributed by atoms with Gasteiger partial charge in [-0.05, 0) is 48.2 Å². The number of benzene rings is 1. The van der Waals surface area contributed by atoms with Crippen LogP contribution in [0.25, 0.3) is 0 Å². The molecule has 0 aromatic heterocycles. The topological polar surface area (TPSA) is 49.7 Å². The second-order valence-corrected chi connectivity index (χ2v) is 4.83. The highest BCUT2D eigenvalue weighted by molar-refractivity contribution is 6.10. The Kier molecular flexibility index (Phi) is 2.08. The molecule has 88 valence electrons. The van der Waals surface area contributed by atoms with Crippen molar-refractivity contribution in [2.75, 3.05) is 11.4 Å². The first kappa shape index (κ1) is 10.4. The summed E-state index contributed by atoms with van der Waals surface area (Å²) in [6, 6.07) is 5.32. The van der Waals surface area contributed by atoms with E-state index in [1.807, 2.05) is 11.0 Å². The van der Waals surface area contributed by atoms with Gasteiger partial charge in [0.2, 0.25) is 5.91 Å². The predicted molar refractivity (Wildman–Crippen MR) is 65.5 cm³/mol. The molecule has 2 aliphatic rings. The summed E-state index contributed by atoms with van der Waals surface area (Å²) >= 11 is 0. The van der Waals surface area contributed by atoms with Crippen molar-refractivity contribution >= 4 is 17.3 Å². The molecule has 17 heavy (non-hydrogen) atoms. The van der Waals surface area contributed by atoms with Gasteiger partial charge in [-0.3, -0.25) is 4.79 Å². The van der Waals surface area contributed by atoms with Gasteiger partial charge in [0.15, 0.2) is 0 Å². The lowest BCUT2D eigenvalue weighted by atomic mass is 9.97. The molecule has 1 aromatic rings. The number of nitrogens with zero attached hydrogens (tertiary/aromatic N) is 2. The van der Waals surface area contributed by atoms with E-state index in [9.17, 15) is 9.70 Å². The maximum absolute atomic E-state index is 12.4. The minimum absolute atomic E-state index is 0.206. The number of hydrogen-bond acceptors (Lipinski definition) is 3. The number of amides is 1. The minimum Gasteiger partial charge on any atom is -0.311 e. The van der Waals surface area contributed by atoms with Crippen molar-refractivity contribution in [2.45, 2.75) is 31.6 Å².